The number of nitrogens with one attached hydrogen (secondary N) is 1. The fourth-order valence-corrected chi connectivity index (χ4v) is 3.76. The van der Waals surface area contributed by atoms with E-state index in [1.807, 2.05) is 0 Å². The third kappa shape index (κ3) is 4.30. The summed E-state index contributed by atoms with van der Waals surface area (Å²) < 4.78 is 6.13. The van der Waals surface area contributed by atoms with Crippen LogP contribution in [0.5, 0.6) is 5.75 Å². The smallest absolute Gasteiger partial charge is 0.124 e. The Hall–Kier alpha value is -1.54. The lowest BCUT2D eigenvalue weighted by atomic mass is 9.87. The SMILES string of the molecule is CC(C)COc1ccc2ccccc2c1CNC1CCCC(C)C1. The van der Waals surface area contributed by atoms with Gasteiger partial charge in [-0.3, -0.25) is 0 Å². The van der Waals surface area contributed by atoms with E-state index in [0.717, 1.165) is 24.8 Å². The first-order valence-electron chi connectivity index (χ1n) is 9.50. The molecule has 0 spiro atoms. The van der Waals surface area contributed by atoms with Gasteiger partial charge in [0.1, 0.15) is 5.75 Å². The second kappa shape index (κ2) is 8.02. The van der Waals surface area contributed by atoms with Gasteiger partial charge in [0.25, 0.3) is 0 Å². The van der Waals surface area contributed by atoms with Crippen LogP contribution in [0.2, 0.25) is 0 Å². The van der Waals surface area contributed by atoms with Crippen LogP contribution < -0.4 is 10.1 Å². The summed E-state index contributed by atoms with van der Waals surface area (Å²) in [5.74, 6) is 2.43. The molecule has 0 aliphatic heterocycles. The van der Waals surface area contributed by atoms with E-state index in [-0.39, 0.29) is 0 Å². The minimum Gasteiger partial charge on any atom is -0.493 e. The number of fused-ring (bicyclic) bond motifs is 1. The molecule has 0 radical (unpaired) electrons. The molecule has 1 fully saturated rings. The van der Waals surface area contributed by atoms with Crippen LogP contribution in [0.25, 0.3) is 10.8 Å². The molecule has 0 aromatic heterocycles. The number of benzene rings is 2. The highest BCUT2D eigenvalue weighted by molar-refractivity contribution is 5.87. The van der Waals surface area contributed by atoms with E-state index in [1.54, 1.807) is 0 Å². The van der Waals surface area contributed by atoms with Crippen LogP contribution in [0, 0.1) is 11.8 Å². The Kier molecular flexibility index (Phi) is 5.78. The van der Waals surface area contributed by atoms with Gasteiger partial charge < -0.3 is 10.1 Å². The van der Waals surface area contributed by atoms with Crippen molar-refractivity contribution in [2.24, 2.45) is 11.8 Å². The lowest BCUT2D eigenvalue weighted by Crippen LogP contribution is -2.33. The maximum atomic E-state index is 6.13. The van der Waals surface area contributed by atoms with E-state index in [4.69, 9.17) is 4.74 Å². The summed E-state index contributed by atoms with van der Waals surface area (Å²) in [6.07, 6.45) is 5.34. The second-order valence-electron chi connectivity index (χ2n) is 7.82. The maximum absolute atomic E-state index is 6.13. The molecule has 1 aliphatic carbocycles. The van der Waals surface area contributed by atoms with Crippen molar-refractivity contribution in [2.75, 3.05) is 6.61 Å². The van der Waals surface area contributed by atoms with Gasteiger partial charge in [-0.1, -0.05) is 63.9 Å². The first-order valence-corrected chi connectivity index (χ1v) is 9.50. The van der Waals surface area contributed by atoms with Crippen molar-refractivity contribution in [1.29, 1.82) is 0 Å². The first-order chi connectivity index (χ1) is 11.6. The molecule has 3 rings (SSSR count). The molecule has 0 amide bonds. The van der Waals surface area contributed by atoms with Gasteiger partial charge in [0.15, 0.2) is 0 Å². The number of rotatable bonds is 6. The molecule has 0 saturated heterocycles. The molecule has 2 aromatic carbocycles. The van der Waals surface area contributed by atoms with Crippen molar-refractivity contribution < 1.29 is 4.74 Å². The zero-order chi connectivity index (χ0) is 16.9. The van der Waals surface area contributed by atoms with Gasteiger partial charge in [-0.2, -0.15) is 0 Å². The molecule has 2 aromatic rings. The Morgan fingerprint density at radius 2 is 1.96 bits per heavy atom. The van der Waals surface area contributed by atoms with E-state index in [0.29, 0.717) is 12.0 Å². The van der Waals surface area contributed by atoms with Gasteiger partial charge in [-0.25, -0.2) is 0 Å². The predicted molar refractivity (Wildman–Crippen MR) is 103 cm³/mol. The Morgan fingerprint density at radius 1 is 1.12 bits per heavy atom. The molecule has 1 N–H and O–H groups in total. The molecule has 2 nitrogen and oxygen atoms in total. The molecule has 1 aliphatic rings. The fourth-order valence-electron chi connectivity index (χ4n) is 3.76. The molecule has 24 heavy (non-hydrogen) atoms. The largest absolute Gasteiger partial charge is 0.493 e. The van der Waals surface area contributed by atoms with Gasteiger partial charge >= 0.3 is 0 Å². The molecule has 1 saturated carbocycles. The normalized spacial score (nSPS) is 21.3. The standard InChI is InChI=1S/C22H31NO/c1-16(2)15-24-22-12-11-18-8-4-5-10-20(18)21(22)14-23-19-9-6-7-17(3)13-19/h4-5,8,10-12,16-17,19,23H,6-7,9,13-15H2,1-3H3. The van der Waals surface area contributed by atoms with E-state index >= 15 is 0 Å². The van der Waals surface area contributed by atoms with Crippen LogP contribution in [-0.4, -0.2) is 12.6 Å². The third-order valence-electron chi connectivity index (χ3n) is 5.07. The highest BCUT2D eigenvalue weighted by atomic mass is 16.5. The third-order valence-corrected chi connectivity index (χ3v) is 5.07. The number of ether oxygens (including phenoxy) is 1. The predicted octanol–water partition coefficient (Wildman–Crippen LogP) is 5.54. The highest BCUT2D eigenvalue weighted by Gasteiger charge is 2.19. The second-order valence-corrected chi connectivity index (χ2v) is 7.82. The summed E-state index contributed by atoms with van der Waals surface area (Å²) in [7, 11) is 0. The van der Waals surface area contributed by atoms with Gasteiger partial charge in [-0.15, -0.1) is 0 Å². The van der Waals surface area contributed by atoms with Gasteiger partial charge in [0, 0.05) is 18.2 Å². The van der Waals surface area contributed by atoms with Gasteiger partial charge in [0.05, 0.1) is 6.61 Å². The fraction of sp³-hybridized carbons (Fsp3) is 0.545. The molecule has 2 atom stereocenters. The summed E-state index contributed by atoms with van der Waals surface area (Å²) in [6.45, 7) is 8.44. The molecular weight excluding hydrogens is 294 g/mol. The topological polar surface area (TPSA) is 21.3 Å². The maximum Gasteiger partial charge on any atom is 0.124 e. The Balaban J connectivity index is 1.81. The molecule has 0 bridgehead atoms. The van der Waals surface area contributed by atoms with E-state index in [2.05, 4.69) is 62.5 Å². The van der Waals surface area contributed by atoms with Crippen molar-refractivity contribution in [3.8, 4) is 5.75 Å². The molecule has 2 heteroatoms. The van der Waals surface area contributed by atoms with Crippen molar-refractivity contribution in [2.45, 2.75) is 59.0 Å². The summed E-state index contributed by atoms with van der Waals surface area (Å²) in [5.41, 5.74) is 1.31. The van der Waals surface area contributed by atoms with Gasteiger partial charge in [0.2, 0.25) is 0 Å². The van der Waals surface area contributed by atoms with Crippen molar-refractivity contribution >= 4 is 10.8 Å². The zero-order valence-corrected chi connectivity index (χ0v) is 15.3. The monoisotopic (exact) mass is 325 g/mol. The molecule has 130 valence electrons. The summed E-state index contributed by atoms with van der Waals surface area (Å²) in [5, 5.41) is 6.42. The van der Waals surface area contributed by atoms with Crippen molar-refractivity contribution in [3.63, 3.8) is 0 Å². The first kappa shape index (κ1) is 17.3. The highest BCUT2D eigenvalue weighted by Crippen LogP contribution is 2.30. The van der Waals surface area contributed by atoms with Crippen LogP contribution in [0.4, 0.5) is 0 Å². The Bertz CT molecular complexity index is 664. The average Bonchev–Trinajstić information content (AvgIpc) is 2.58. The minimum atomic E-state index is 0.538. The van der Waals surface area contributed by atoms with Crippen LogP contribution >= 0.6 is 0 Å². The van der Waals surface area contributed by atoms with E-state index in [1.165, 1.54) is 42.0 Å². The van der Waals surface area contributed by atoms with Crippen molar-refractivity contribution in [1.82, 2.24) is 5.32 Å². The van der Waals surface area contributed by atoms with Crippen molar-refractivity contribution in [3.05, 3.63) is 42.0 Å². The number of hydrogen-bond donors (Lipinski definition) is 1. The van der Waals surface area contributed by atoms with Crippen LogP contribution in [0.1, 0.15) is 52.0 Å². The average molecular weight is 325 g/mol. The van der Waals surface area contributed by atoms with Crippen LogP contribution in [-0.2, 0) is 6.54 Å². The summed E-state index contributed by atoms with van der Waals surface area (Å²) in [4.78, 5) is 0. The van der Waals surface area contributed by atoms with Crippen LogP contribution in [0.15, 0.2) is 36.4 Å². The summed E-state index contributed by atoms with van der Waals surface area (Å²) >= 11 is 0. The van der Waals surface area contributed by atoms with E-state index in [9.17, 15) is 0 Å². The Morgan fingerprint density at radius 3 is 2.75 bits per heavy atom. The zero-order valence-electron chi connectivity index (χ0n) is 15.3. The van der Waals surface area contributed by atoms with Gasteiger partial charge in [-0.05, 0) is 41.5 Å². The molecule has 2 unspecified atom stereocenters. The Labute approximate surface area is 146 Å². The summed E-state index contributed by atoms with van der Waals surface area (Å²) in [6, 6.07) is 13.6. The lowest BCUT2D eigenvalue weighted by Gasteiger charge is -2.28. The van der Waals surface area contributed by atoms with E-state index < -0.39 is 0 Å². The lowest BCUT2D eigenvalue weighted by molar-refractivity contribution is 0.265. The number of hydrogen-bond acceptors (Lipinski definition) is 2. The van der Waals surface area contributed by atoms with Crippen LogP contribution in [0.3, 0.4) is 0 Å². The molecule has 0 heterocycles. The molecular formula is C22H31NO. The minimum absolute atomic E-state index is 0.538. The quantitative estimate of drug-likeness (QED) is 0.752.